The fourth-order valence-electron chi connectivity index (χ4n) is 3.76. The lowest BCUT2D eigenvalue weighted by molar-refractivity contribution is -0.384. The highest BCUT2D eigenvalue weighted by Crippen LogP contribution is 2.36. The molecule has 0 aromatic heterocycles. The number of hydrogen-bond acceptors (Lipinski definition) is 8. The molecule has 2 aromatic carbocycles. The minimum atomic E-state index is -1.56. The van der Waals surface area contributed by atoms with Crippen LogP contribution in [0.15, 0.2) is 65.9 Å². The summed E-state index contributed by atoms with van der Waals surface area (Å²) >= 11 is 3.27. The lowest BCUT2D eigenvalue weighted by Gasteiger charge is -2.49. The molecule has 2 aliphatic heterocycles. The molecule has 11 nitrogen and oxygen atoms in total. The predicted molar refractivity (Wildman–Crippen MR) is 131 cm³/mol. The second-order valence-corrected chi connectivity index (χ2v) is 9.95. The van der Waals surface area contributed by atoms with Crippen molar-refractivity contribution in [3.63, 3.8) is 0 Å². The lowest BCUT2D eigenvalue weighted by Crippen LogP contribution is -2.74. The first-order valence-corrected chi connectivity index (χ1v) is 13.2. The third-order valence-corrected chi connectivity index (χ3v) is 7.84. The van der Waals surface area contributed by atoms with E-state index >= 15 is 0 Å². The third kappa shape index (κ3) is 5.31. The van der Waals surface area contributed by atoms with Gasteiger partial charge in [-0.2, -0.15) is 0 Å². The maximum Gasteiger partial charge on any atom is 0.355 e. The van der Waals surface area contributed by atoms with E-state index in [1.807, 2.05) is 0 Å². The topological polar surface area (TPSA) is 145 Å². The molecule has 2 unspecified atom stereocenters. The van der Waals surface area contributed by atoms with Gasteiger partial charge in [0.2, 0.25) is 0 Å². The third-order valence-electron chi connectivity index (χ3n) is 5.51. The Bertz CT molecular complexity index is 1250. The van der Waals surface area contributed by atoms with Crippen LogP contribution in [0.5, 0.6) is 5.75 Å². The molecule has 0 spiro atoms. The monoisotopic (exact) mass is 577 g/mol. The second kappa shape index (κ2) is 11.0. The van der Waals surface area contributed by atoms with Crippen LogP contribution in [0.1, 0.15) is 5.56 Å². The summed E-state index contributed by atoms with van der Waals surface area (Å²) < 4.78 is 23.6. The van der Waals surface area contributed by atoms with Gasteiger partial charge in [-0.1, -0.05) is 34.1 Å². The standard InChI is InChI=1S/C23H20BrN3O8S/c24-10-15-13-36(33)22-19(25-18(28)12-34-17-4-2-1-3-5-17)21(29)26(22)20(15)23(30)35-11-14-6-8-16(9-7-14)27(31)32/h1-9,19,22H,10-13H2,(H,25,28)/t19?,22-,36?/m0/s1. The first-order chi connectivity index (χ1) is 17.3. The number of para-hydroxylation sites is 1. The molecular formula is C23H20BrN3O8S. The summed E-state index contributed by atoms with van der Waals surface area (Å²) in [6.07, 6.45) is 0. The molecule has 2 amide bonds. The Labute approximate surface area is 216 Å². The number of nitrogens with zero attached hydrogens (tertiary/aromatic N) is 2. The molecule has 1 N–H and O–H groups in total. The maximum atomic E-state index is 12.9. The highest BCUT2D eigenvalue weighted by atomic mass is 79.9. The van der Waals surface area contributed by atoms with Crippen molar-refractivity contribution in [1.82, 2.24) is 10.2 Å². The number of carbonyl (C=O) groups excluding carboxylic acids is 3. The number of esters is 1. The van der Waals surface area contributed by atoms with Gasteiger partial charge in [-0.05, 0) is 35.4 Å². The number of nitro groups is 1. The van der Waals surface area contributed by atoms with Crippen LogP contribution in [0, 0.1) is 10.1 Å². The number of carbonyl (C=O) groups is 3. The number of nitrogens with one attached hydrogen (secondary N) is 1. The number of ether oxygens (including phenoxy) is 2. The molecule has 3 atom stereocenters. The number of nitro benzene ring substituents is 1. The summed E-state index contributed by atoms with van der Waals surface area (Å²) in [6, 6.07) is 13.1. The number of β-lactam (4-membered cyclic amide) rings is 1. The molecule has 0 saturated carbocycles. The van der Waals surface area contributed by atoms with Crippen LogP contribution in [0.3, 0.4) is 0 Å². The van der Waals surface area contributed by atoms with Crippen molar-refractivity contribution >= 4 is 50.2 Å². The number of benzene rings is 2. The SMILES string of the molecule is O=C(COc1ccccc1)NC1C(=O)N2C(C(=O)OCc3ccc([N+](=O)[O-])cc3)=C(CBr)CS(=O)[C@@H]12. The molecule has 188 valence electrons. The summed E-state index contributed by atoms with van der Waals surface area (Å²) in [5, 5.41) is 12.6. The zero-order chi connectivity index (χ0) is 25.8. The highest BCUT2D eigenvalue weighted by molar-refractivity contribution is 9.09. The number of halogens is 1. The number of rotatable bonds is 9. The van der Waals surface area contributed by atoms with E-state index in [9.17, 15) is 28.7 Å². The molecular weight excluding hydrogens is 558 g/mol. The van der Waals surface area contributed by atoms with Crippen LogP contribution >= 0.6 is 15.9 Å². The van der Waals surface area contributed by atoms with E-state index in [1.165, 1.54) is 24.3 Å². The minimum Gasteiger partial charge on any atom is -0.484 e. The molecule has 2 heterocycles. The van der Waals surface area contributed by atoms with Crippen LogP contribution in [0.25, 0.3) is 0 Å². The lowest BCUT2D eigenvalue weighted by atomic mass is 10.0. The second-order valence-electron chi connectivity index (χ2n) is 7.86. The normalized spacial score (nSPS) is 20.8. The first-order valence-electron chi connectivity index (χ1n) is 10.7. The van der Waals surface area contributed by atoms with Gasteiger partial charge < -0.3 is 14.8 Å². The molecule has 0 radical (unpaired) electrons. The van der Waals surface area contributed by atoms with E-state index < -0.39 is 44.9 Å². The largest absolute Gasteiger partial charge is 0.484 e. The van der Waals surface area contributed by atoms with Crippen LogP contribution in [0.4, 0.5) is 5.69 Å². The van der Waals surface area contributed by atoms with Gasteiger partial charge in [0.05, 0.1) is 21.5 Å². The Hall–Kier alpha value is -3.58. The Morgan fingerprint density at radius 1 is 1.17 bits per heavy atom. The Balaban J connectivity index is 1.41. The Kier molecular flexibility index (Phi) is 7.79. The number of non-ortho nitro benzene ring substituents is 1. The van der Waals surface area contributed by atoms with Crippen LogP contribution in [-0.4, -0.2) is 60.9 Å². The smallest absolute Gasteiger partial charge is 0.355 e. The predicted octanol–water partition coefficient (Wildman–Crippen LogP) is 1.78. The van der Waals surface area contributed by atoms with Crippen LogP contribution < -0.4 is 10.1 Å². The molecule has 1 fully saturated rings. The van der Waals surface area contributed by atoms with Crippen LogP contribution in [0.2, 0.25) is 0 Å². The van der Waals surface area contributed by atoms with E-state index in [2.05, 4.69) is 21.2 Å². The number of amides is 2. The molecule has 36 heavy (non-hydrogen) atoms. The van der Waals surface area contributed by atoms with Gasteiger partial charge in [-0.15, -0.1) is 0 Å². The average Bonchev–Trinajstić information content (AvgIpc) is 2.89. The van der Waals surface area contributed by atoms with Crippen molar-refractivity contribution in [3.8, 4) is 5.75 Å². The molecule has 4 rings (SSSR count). The van der Waals surface area contributed by atoms with Crippen LogP contribution in [-0.2, 0) is 36.5 Å². The molecule has 2 aliphatic rings. The maximum absolute atomic E-state index is 12.9. The fraction of sp³-hybridized carbons (Fsp3) is 0.261. The summed E-state index contributed by atoms with van der Waals surface area (Å²) in [7, 11) is -1.56. The Morgan fingerprint density at radius 2 is 1.86 bits per heavy atom. The molecule has 0 aliphatic carbocycles. The van der Waals surface area contributed by atoms with E-state index in [0.717, 1.165) is 4.90 Å². The van der Waals surface area contributed by atoms with Gasteiger partial charge in [-0.25, -0.2) is 4.79 Å². The van der Waals surface area contributed by atoms with E-state index in [0.29, 0.717) is 16.9 Å². The van der Waals surface area contributed by atoms with Gasteiger partial charge >= 0.3 is 5.97 Å². The average molecular weight is 578 g/mol. The van der Waals surface area contributed by atoms with Gasteiger partial charge in [0.1, 0.15) is 29.5 Å². The van der Waals surface area contributed by atoms with Gasteiger partial charge in [0, 0.05) is 17.5 Å². The van der Waals surface area contributed by atoms with E-state index in [-0.39, 0.29) is 35.7 Å². The van der Waals surface area contributed by atoms with Crippen molar-refractivity contribution < 1.29 is 33.0 Å². The molecule has 1 saturated heterocycles. The zero-order valence-corrected chi connectivity index (χ0v) is 21.0. The summed E-state index contributed by atoms with van der Waals surface area (Å²) in [5.41, 5.74) is 0.836. The number of alkyl halides is 1. The summed E-state index contributed by atoms with van der Waals surface area (Å²) in [6.45, 7) is -0.511. The number of hydrogen-bond donors (Lipinski definition) is 1. The highest BCUT2D eigenvalue weighted by Gasteiger charge is 2.57. The minimum absolute atomic E-state index is 0.0191. The van der Waals surface area contributed by atoms with Crippen molar-refractivity contribution in [3.05, 3.63) is 81.5 Å². The Morgan fingerprint density at radius 3 is 2.50 bits per heavy atom. The van der Waals surface area contributed by atoms with Crippen molar-refractivity contribution in [2.45, 2.75) is 18.0 Å². The van der Waals surface area contributed by atoms with E-state index in [4.69, 9.17) is 9.47 Å². The molecule has 13 heteroatoms. The van der Waals surface area contributed by atoms with Gasteiger partial charge in [0.15, 0.2) is 6.61 Å². The summed E-state index contributed by atoms with van der Waals surface area (Å²) in [5.74, 6) is -1.43. The fourth-order valence-corrected chi connectivity index (χ4v) is 6.17. The van der Waals surface area contributed by atoms with Crippen molar-refractivity contribution in [2.24, 2.45) is 0 Å². The number of fused-ring (bicyclic) bond motifs is 1. The van der Waals surface area contributed by atoms with Crippen molar-refractivity contribution in [1.29, 1.82) is 0 Å². The summed E-state index contributed by atoms with van der Waals surface area (Å²) in [4.78, 5) is 49.6. The van der Waals surface area contributed by atoms with Crippen molar-refractivity contribution in [2.75, 3.05) is 17.7 Å². The van der Waals surface area contributed by atoms with Gasteiger partial charge in [0.25, 0.3) is 17.5 Å². The van der Waals surface area contributed by atoms with Gasteiger partial charge in [-0.3, -0.25) is 28.8 Å². The molecule has 2 aromatic rings. The zero-order valence-electron chi connectivity index (χ0n) is 18.6. The molecule has 0 bridgehead atoms. The van der Waals surface area contributed by atoms with E-state index in [1.54, 1.807) is 30.3 Å². The first kappa shape index (κ1) is 25.5. The quantitative estimate of drug-likeness (QED) is 0.156.